The van der Waals surface area contributed by atoms with Gasteiger partial charge in [0.15, 0.2) is 0 Å². The molecule has 1 aromatic rings. The maximum absolute atomic E-state index is 12.4. The Kier molecular flexibility index (Phi) is 5.96. The second-order valence-electron chi connectivity index (χ2n) is 6.83. The molecule has 5 heteroatoms. The minimum atomic E-state index is 0.0128. The van der Waals surface area contributed by atoms with E-state index in [-0.39, 0.29) is 6.03 Å². The fourth-order valence-electron chi connectivity index (χ4n) is 3.65. The van der Waals surface area contributed by atoms with Crippen LogP contribution in [-0.4, -0.2) is 55.2 Å². The number of hydrogen-bond donors (Lipinski definition) is 1. The van der Waals surface area contributed by atoms with Crippen molar-refractivity contribution in [1.29, 1.82) is 0 Å². The van der Waals surface area contributed by atoms with Crippen molar-refractivity contribution in [2.75, 3.05) is 44.6 Å². The zero-order chi connectivity index (χ0) is 16.8. The van der Waals surface area contributed by atoms with E-state index in [0.717, 1.165) is 43.3 Å². The van der Waals surface area contributed by atoms with E-state index in [1.54, 1.807) is 0 Å². The van der Waals surface area contributed by atoms with E-state index in [9.17, 15) is 4.79 Å². The summed E-state index contributed by atoms with van der Waals surface area (Å²) in [7, 11) is 0. The van der Waals surface area contributed by atoms with Crippen LogP contribution in [0.15, 0.2) is 24.3 Å². The van der Waals surface area contributed by atoms with Crippen molar-refractivity contribution in [2.45, 2.75) is 32.6 Å². The molecule has 2 heterocycles. The third kappa shape index (κ3) is 4.63. The zero-order valence-corrected chi connectivity index (χ0v) is 14.7. The number of likely N-dealkylation sites (tertiary alicyclic amines) is 2. The number of anilines is 1. The van der Waals surface area contributed by atoms with Crippen LogP contribution in [0.4, 0.5) is 10.5 Å². The van der Waals surface area contributed by atoms with Crippen LogP contribution in [0.5, 0.6) is 5.75 Å². The molecule has 0 saturated carbocycles. The molecule has 1 aromatic carbocycles. The molecule has 132 valence electrons. The highest BCUT2D eigenvalue weighted by atomic mass is 16.5. The molecule has 2 aliphatic heterocycles. The number of nitrogens with one attached hydrogen (secondary N) is 1. The van der Waals surface area contributed by atoms with Gasteiger partial charge in [0.2, 0.25) is 0 Å². The van der Waals surface area contributed by atoms with Crippen LogP contribution in [-0.2, 0) is 0 Å². The number of amides is 2. The maximum atomic E-state index is 12.4. The van der Waals surface area contributed by atoms with Gasteiger partial charge in [-0.1, -0.05) is 0 Å². The van der Waals surface area contributed by atoms with Gasteiger partial charge in [-0.15, -0.1) is 0 Å². The molecular weight excluding hydrogens is 302 g/mol. The SMILES string of the molecule is CCOc1ccc(NC(=O)N2CCC(CN3CCCC3)CC2)cc1. The lowest BCUT2D eigenvalue weighted by Crippen LogP contribution is -2.43. The first-order valence-corrected chi connectivity index (χ1v) is 9.25. The molecule has 5 nitrogen and oxygen atoms in total. The highest BCUT2D eigenvalue weighted by Crippen LogP contribution is 2.22. The number of nitrogens with zero attached hydrogens (tertiary/aromatic N) is 2. The molecule has 0 aromatic heterocycles. The van der Waals surface area contributed by atoms with Crippen LogP contribution < -0.4 is 10.1 Å². The molecule has 0 atom stereocenters. The van der Waals surface area contributed by atoms with Gasteiger partial charge in [-0.2, -0.15) is 0 Å². The topological polar surface area (TPSA) is 44.8 Å². The van der Waals surface area contributed by atoms with Gasteiger partial charge < -0.3 is 19.9 Å². The van der Waals surface area contributed by atoms with Crippen LogP contribution >= 0.6 is 0 Å². The molecule has 0 bridgehead atoms. The van der Waals surface area contributed by atoms with Gasteiger partial charge >= 0.3 is 6.03 Å². The molecule has 2 fully saturated rings. The quantitative estimate of drug-likeness (QED) is 0.899. The first-order chi connectivity index (χ1) is 11.7. The molecular formula is C19H29N3O2. The lowest BCUT2D eigenvalue weighted by Gasteiger charge is -2.33. The van der Waals surface area contributed by atoms with E-state index < -0.39 is 0 Å². The van der Waals surface area contributed by atoms with Gasteiger partial charge in [0.1, 0.15) is 5.75 Å². The zero-order valence-electron chi connectivity index (χ0n) is 14.7. The standard InChI is InChI=1S/C19H29N3O2/c1-2-24-18-7-5-17(6-8-18)20-19(23)22-13-9-16(10-14-22)15-21-11-3-4-12-21/h5-8,16H,2-4,9-15H2,1H3,(H,20,23). The van der Waals surface area contributed by atoms with Crippen LogP contribution in [0.2, 0.25) is 0 Å². The Morgan fingerprint density at radius 3 is 2.42 bits per heavy atom. The summed E-state index contributed by atoms with van der Waals surface area (Å²) in [5, 5.41) is 2.99. The molecule has 3 rings (SSSR count). The number of piperidine rings is 1. The fraction of sp³-hybridized carbons (Fsp3) is 0.632. The number of carbonyl (C=O) groups is 1. The summed E-state index contributed by atoms with van der Waals surface area (Å²) in [6.07, 6.45) is 4.94. The molecule has 2 aliphatic rings. The number of hydrogen-bond acceptors (Lipinski definition) is 3. The van der Waals surface area contributed by atoms with Gasteiger partial charge in [0.25, 0.3) is 0 Å². The normalized spacial score (nSPS) is 19.5. The Hall–Kier alpha value is -1.75. The van der Waals surface area contributed by atoms with Gasteiger partial charge in [0, 0.05) is 25.3 Å². The van der Waals surface area contributed by atoms with Gasteiger partial charge in [-0.25, -0.2) is 4.79 Å². The van der Waals surface area contributed by atoms with Crippen molar-refractivity contribution in [3.8, 4) is 5.75 Å². The highest BCUT2D eigenvalue weighted by Gasteiger charge is 2.25. The number of ether oxygens (including phenoxy) is 1. The Balaban J connectivity index is 1.42. The van der Waals surface area contributed by atoms with E-state index in [1.807, 2.05) is 36.1 Å². The van der Waals surface area contributed by atoms with Gasteiger partial charge in [-0.3, -0.25) is 0 Å². The number of rotatable bonds is 5. The van der Waals surface area contributed by atoms with Crippen molar-refractivity contribution in [3.63, 3.8) is 0 Å². The summed E-state index contributed by atoms with van der Waals surface area (Å²) in [6.45, 7) is 8.08. The first-order valence-electron chi connectivity index (χ1n) is 9.25. The molecule has 1 N–H and O–H groups in total. The predicted octanol–water partition coefficient (Wildman–Crippen LogP) is 3.43. The molecule has 2 saturated heterocycles. The van der Waals surface area contributed by atoms with Crippen molar-refractivity contribution >= 4 is 11.7 Å². The summed E-state index contributed by atoms with van der Waals surface area (Å²) < 4.78 is 5.42. The van der Waals surface area contributed by atoms with Crippen LogP contribution in [0.25, 0.3) is 0 Å². The first kappa shape index (κ1) is 17.1. The second kappa shape index (κ2) is 8.38. The highest BCUT2D eigenvalue weighted by molar-refractivity contribution is 5.89. The largest absolute Gasteiger partial charge is 0.494 e. The van der Waals surface area contributed by atoms with Crippen molar-refractivity contribution < 1.29 is 9.53 Å². The Morgan fingerprint density at radius 1 is 1.12 bits per heavy atom. The average Bonchev–Trinajstić information content (AvgIpc) is 3.10. The third-order valence-corrected chi connectivity index (χ3v) is 5.03. The van der Waals surface area contributed by atoms with Crippen molar-refractivity contribution in [3.05, 3.63) is 24.3 Å². The molecule has 24 heavy (non-hydrogen) atoms. The van der Waals surface area contributed by atoms with E-state index in [2.05, 4.69) is 10.2 Å². The smallest absolute Gasteiger partial charge is 0.321 e. The average molecular weight is 331 g/mol. The third-order valence-electron chi connectivity index (χ3n) is 5.03. The minimum absolute atomic E-state index is 0.0128. The number of urea groups is 1. The molecule has 2 amide bonds. The Labute approximate surface area is 145 Å². The summed E-state index contributed by atoms with van der Waals surface area (Å²) in [5.74, 6) is 1.58. The van der Waals surface area contributed by atoms with E-state index in [4.69, 9.17) is 4.74 Å². The van der Waals surface area contributed by atoms with Crippen LogP contribution in [0.1, 0.15) is 32.6 Å². The summed E-state index contributed by atoms with van der Waals surface area (Å²) in [6, 6.07) is 7.58. The molecule has 0 unspecified atom stereocenters. The van der Waals surface area contributed by atoms with Crippen molar-refractivity contribution in [2.24, 2.45) is 5.92 Å². The van der Waals surface area contributed by atoms with Gasteiger partial charge in [-0.05, 0) is 75.9 Å². The Bertz CT molecular complexity index is 518. The van der Waals surface area contributed by atoms with Crippen molar-refractivity contribution in [1.82, 2.24) is 9.80 Å². The monoisotopic (exact) mass is 331 g/mol. The van der Waals surface area contributed by atoms with E-state index in [1.165, 1.54) is 32.5 Å². The summed E-state index contributed by atoms with van der Waals surface area (Å²) in [5.41, 5.74) is 0.822. The molecule has 0 radical (unpaired) electrons. The van der Waals surface area contributed by atoms with Gasteiger partial charge in [0.05, 0.1) is 6.61 Å². The second-order valence-corrected chi connectivity index (χ2v) is 6.83. The van der Waals surface area contributed by atoms with Crippen LogP contribution in [0.3, 0.4) is 0 Å². The molecule has 0 spiro atoms. The lowest BCUT2D eigenvalue weighted by atomic mass is 9.96. The molecule has 0 aliphatic carbocycles. The predicted molar refractivity (Wildman–Crippen MR) is 96.6 cm³/mol. The van der Waals surface area contributed by atoms with Crippen LogP contribution in [0, 0.1) is 5.92 Å². The summed E-state index contributed by atoms with van der Waals surface area (Å²) >= 11 is 0. The maximum Gasteiger partial charge on any atom is 0.321 e. The van der Waals surface area contributed by atoms with E-state index in [0.29, 0.717) is 6.61 Å². The number of benzene rings is 1. The minimum Gasteiger partial charge on any atom is -0.494 e. The Morgan fingerprint density at radius 2 is 1.79 bits per heavy atom. The van der Waals surface area contributed by atoms with E-state index >= 15 is 0 Å². The fourth-order valence-corrected chi connectivity index (χ4v) is 3.65. The number of carbonyl (C=O) groups excluding carboxylic acids is 1. The summed E-state index contributed by atoms with van der Waals surface area (Å²) in [4.78, 5) is 16.9. The lowest BCUT2D eigenvalue weighted by molar-refractivity contribution is 0.163.